The summed E-state index contributed by atoms with van der Waals surface area (Å²) in [4.78, 5) is 17.1. The molecule has 0 aliphatic heterocycles. The number of H-pyrrole nitrogens is 1. The fourth-order valence-electron chi connectivity index (χ4n) is 3.37. The number of carbonyl (C=O) groups excluding carboxylic acids is 1. The maximum atomic E-state index is 12.6. The third-order valence-electron chi connectivity index (χ3n) is 5.05. The summed E-state index contributed by atoms with van der Waals surface area (Å²) in [5.41, 5.74) is -0.298. The molecule has 0 spiro atoms. The molecule has 116 valence electrons. The molecule has 1 aromatic rings. The Bertz CT molecular complexity index is 490. The highest BCUT2D eigenvalue weighted by molar-refractivity contribution is 5.94. The number of methoxy groups -OCH3 is 1. The zero-order valence-electron chi connectivity index (χ0n) is 12.7. The number of amides is 1. The molecule has 2 aliphatic carbocycles. The van der Waals surface area contributed by atoms with E-state index in [0.717, 1.165) is 37.9 Å². The van der Waals surface area contributed by atoms with Gasteiger partial charge in [-0.2, -0.15) is 4.98 Å². The Balaban J connectivity index is 1.64. The summed E-state index contributed by atoms with van der Waals surface area (Å²) >= 11 is 0. The van der Waals surface area contributed by atoms with E-state index in [0.29, 0.717) is 18.5 Å². The number of hydrogen-bond donors (Lipinski definition) is 2. The van der Waals surface area contributed by atoms with Crippen LogP contribution in [0.2, 0.25) is 0 Å². The molecule has 2 N–H and O–H groups in total. The van der Waals surface area contributed by atoms with Crippen molar-refractivity contribution in [1.29, 1.82) is 0 Å². The van der Waals surface area contributed by atoms with Gasteiger partial charge in [0.25, 0.3) is 0 Å². The highest BCUT2D eigenvalue weighted by Crippen LogP contribution is 2.42. The Kier molecular flexibility index (Phi) is 4.24. The van der Waals surface area contributed by atoms with E-state index in [1.165, 1.54) is 19.3 Å². The number of aromatic nitrogens is 3. The number of ether oxygens (including phenoxy) is 1. The molecule has 0 bridgehead atoms. The summed E-state index contributed by atoms with van der Waals surface area (Å²) in [7, 11) is 1.68. The van der Waals surface area contributed by atoms with Gasteiger partial charge in [0.15, 0.2) is 0 Å². The minimum atomic E-state index is -0.298. The molecule has 2 fully saturated rings. The number of anilines is 1. The van der Waals surface area contributed by atoms with Crippen LogP contribution in [-0.2, 0) is 9.53 Å². The second-order valence-corrected chi connectivity index (χ2v) is 6.36. The molecule has 0 unspecified atom stereocenters. The lowest BCUT2D eigenvalue weighted by molar-refractivity contribution is -0.126. The van der Waals surface area contributed by atoms with Crippen molar-refractivity contribution in [1.82, 2.24) is 15.2 Å². The zero-order chi connectivity index (χ0) is 14.7. The first-order valence-corrected chi connectivity index (χ1v) is 7.96. The van der Waals surface area contributed by atoms with Crippen molar-refractivity contribution >= 4 is 11.9 Å². The fraction of sp³-hybridized carbons (Fsp3) is 0.800. The molecule has 3 rings (SSSR count). The molecule has 21 heavy (non-hydrogen) atoms. The maximum Gasteiger partial charge on any atom is 0.248 e. The van der Waals surface area contributed by atoms with E-state index in [-0.39, 0.29) is 11.3 Å². The van der Waals surface area contributed by atoms with Crippen molar-refractivity contribution < 1.29 is 9.53 Å². The highest BCUT2D eigenvalue weighted by atomic mass is 16.5. The minimum Gasteiger partial charge on any atom is -0.385 e. The molecule has 0 radical (unpaired) electrons. The van der Waals surface area contributed by atoms with Gasteiger partial charge in [-0.25, -0.2) is 0 Å². The molecule has 0 atom stereocenters. The predicted molar refractivity (Wildman–Crippen MR) is 79.0 cm³/mol. The normalized spacial score (nSPS) is 21.2. The summed E-state index contributed by atoms with van der Waals surface area (Å²) in [5, 5.41) is 10.0. The average Bonchev–Trinajstić information content (AvgIpc) is 3.05. The van der Waals surface area contributed by atoms with Gasteiger partial charge in [-0.1, -0.05) is 19.3 Å². The van der Waals surface area contributed by atoms with Crippen LogP contribution in [0.5, 0.6) is 0 Å². The van der Waals surface area contributed by atoms with Crippen LogP contribution in [0.15, 0.2) is 0 Å². The molecule has 2 aliphatic rings. The van der Waals surface area contributed by atoms with Gasteiger partial charge in [-0.15, -0.1) is 5.10 Å². The fourth-order valence-corrected chi connectivity index (χ4v) is 3.37. The van der Waals surface area contributed by atoms with Gasteiger partial charge in [0.1, 0.15) is 5.82 Å². The van der Waals surface area contributed by atoms with Gasteiger partial charge in [-0.3, -0.25) is 15.2 Å². The molecule has 2 saturated carbocycles. The van der Waals surface area contributed by atoms with E-state index in [1.54, 1.807) is 7.11 Å². The van der Waals surface area contributed by atoms with Crippen molar-refractivity contribution in [3.05, 3.63) is 5.82 Å². The van der Waals surface area contributed by atoms with E-state index < -0.39 is 0 Å². The van der Waals surface area contributed by atoms with Gasteiger partial charge in [0.05, 0.1) is 5.41 Å². The van der Waals surface area contributed by atoms with Crippen molar-refractivity contribution in [3.8, 4) is 0 Å². The van der Waals surface area contributed by atoms with Crippen LogP contribution in [0.25, 0.3) is 0 Å². The lowest BCUT2D eigenvalue weighted by Crippen LogP contribution is -2.35. The summed E-state index contributed by atoms with van der Waals surface area (Å²) in [6.07, 6.45) is 8.45. The molecule has 0 saturated heterocycles. The van der Waals surface area contributed by atoms with Crippen LogP contribution in [0.4, 0.5) is 5.95 Å². The Morgan fingerprint density at radius 2 is 2.14 bits per heavy atom. The third-order valence-corrected chi connectivity index (χ3v) is 5.05. The van der Waals surface area contributed by atoms with Crippen LogP contribution < -0.4 is 5.32 Å². The predicted octanol–water partition coefficient (Wildman–Crippen LogP) is 2.61. The van der Waals surface area contributed by atoms with Gasteiger partial charge >= 0.3 is 0 Å². The molecular formula is C15H24N4O2. The van der Waals surface area contributed by atoms with Crippen LogP contribution >= 0.6 is 0 Å². The molecule has 0 aromatic carbocycles. The number of hydrogen-bond acceptors (Lipinski definition) is 4. The van der Waals surface area contributed by atoms with Crippen LogP contribution in [-0.4, -0.2) is 34.8 Å². The Morgan fingerprint density at radius 1 is 1.38 bits per heavy atom. The first-order valence-electron chi connectivity index (χ1n) is 7.96. The molecule has 1 heterocycles. The summed E-state index contributed by atoms with van der Waals surface area (Å²) in [5.74, 6) is 1.88. The molecule has 6 heteroatoms. The number of nitrogens with zero attached hydrogens (tertiary/aromatic N) is 2. The lowest BCUT2D eigenvalue weighted by atomic mass is 9.82. The highest BCUT2D eigenvalue weighted by Gasteiger charge is 2.41. The molecule has 6 nitrogen and oxygen atoms in total. The van der Waals surface area contributed by atoms with Gasteiger partial charge in [-0.05, 0) is 32.1 Å². The van der Waals surface area contributed by atoms with E-state index in [4.69, 9.17) is 4.74 Å². The van der Waals surface area contributed by atoms with E-state index in [2.05, 4.69) is 20.5 Å². The van der Waals surface area contributed by atoms with E-state index >= 15 is 0 Å². The van der Waals surface area contributed by atoms with Crippen molar-refractivity contribution in [2.24, 2.45) is 5.41 Å². The Morgan fingerprint density at radius 3 is 2.76 bits per heavy atom. The van der Waals surface area contributed by atoms with Gasteiger partial charge in [0, 0.05) is 19.6 Å². The first-order chi connectivity index (χ1) is 10.2. The summed E-state index contributed by atoms with van der Waals surface area (Å²) in [6, 6.07) is 0. The van der Waals surface area contributed by atoms with Crippen molar-refractivity contribution in [3.63, 3.8) is 0 Å². The van der Waals surface area contributed by atoms with Gasteiger partial charge < -0.3 is 4.74 Å². The number of nitrogens with one attached hydrogen (secondary N) is 2. The second kappa shape index (κ2) is 6.13. The van der Waals surface area contributed by atoms with E-state index in [9.17, 15) is 4.79 Å². The average molecular weight is 292 g/mol. The Labute approximate surface area is 125 Å². The van der Waals surface area contributed by atoms with Gasteiger partial charge in [0.2, 0.25) is 11.9 Å². The minimum absolute atomic E-state index is 0.0520. The largest absolute Gasteiger partial charge is 0.385 e. The van der Waals surface area contributed by atoms with Crippen molar-refractivity contribution in [2.75, 3.05) is 19.0 Å². The molecular weight excluding hydrogens is 268 g/mol. The molecule has 1 aromatic heterocycles. The van der Waals surface area contributed by atoms with Crippen LogP contribution in [0, 0.1) is 5.41 Å². The summed E-state index contributed by atoms with van der Waals surface area (Å²) in [6.45, 7) is 0.620. The standard InChI is InChI=1S/C15H24N4O2/c1-21-10-9-15(7-2-3-8-15)13(20)17-14-16-12(18-19-14)11-5-4-6-11/h11H,2-10H2,1H3,(H2,16,17,18,19,20). The topological polar surface area (TPSA) is 79.9 Å². The number of aromatic amines is 1. The van der Waals surface area contributed by atoms with Crippen molar-refractivity contribution in [2.45, 2.75) is 57.3 Å². The summed E-state index contributed by atoms with van der Waals surface area (Å²) < 4.78 is 5.17. The zero-order valence-corrected chi connectivity index (χ0v) is 12.7. The number of carbonyl (C=O) groups is 1. The van der Waals surface area contributed by atoms with Crippen LogP contribution in [0.3, 0.4) is 0 Å². The molecule has 1 amide bonds. The second-order valence-electron chi connectivity index (χ2n) is 6.36. The van der Waals surface area contributed by atoms with E-state index in [1.807, 2.05) is 0 Å². The number of rotatable bonds is 6. The quantitative estimate of drug-likeness (QED) is 0.844. The lowest BCUT2D eigenvalue weighted by Gasteiger charge is -2.26. The Hall–Kier alpha value is -1.43. The third kappa shape index (κ3) is 2.95. The monoisotopic (exact) mass is 292 g/mol. The maximum absolute atomic E-state index is 12.6. The first kappa shape index (κ1) is 14.5. The van der Waals surface area contributed by atoms with Crippen LogP contribution in [0.1, 0.15) is 63.1 Å². The smallest absolute Gasteiger partial charge is 0.248 e. The SMILES string of the molecule is COCCC1(C(=O)Nc2n[nH]c(C3CCC3)n2)CCCC1.